The fourth-order valence-corrected chi connectivity index (χ4v) is 0.983. The van der Waals surface area contributed by atoms with E-state index in [1.807, 2.05) is 0 Å². The van der Waals surface area contributed by atoms with Crippen molar-refractivity contribution >= 4 is 5.57 Å². The van der Waals surface area contributed by atoms with Gasteiger partial charge in [0.05, 0.1) is 6.61 Å². The lowest BCUT2D eigenvalue weighted by Gasteiger charge is -1.93. The molecule has 4 heteroatoms. The molecule has 15 heavy (non-hydrogen) atoms. The van der Waals surface area contributed by atoms with Crippen LogP contribution >= 0.6 is 0 Å². The molecule has 0 atom stereocenters. The first-order valence-electron chi connectivity index (χ1n) is 4.41. The smallest absolute Gasteiger partial charge is 0.225 e. The molecule has 1 aromatic heterocycles. The maximum atomic E-state index is 12.4. The van der Waals surface area contributed by atoms with Gasteiger partial charge in [0.2, 0.25) is 5.89 Å². The maximum absolute atomic E-state index is 12.4. The summed E-state index contributed by atoms with van der Waals surface area (Å²) in [6.45, 7) is 4.71. The Hall–Kier alpha value is -1.68. The summed E-state index contributed by atoms with van der Waals surface area (Å²) in [6.07, 6.45) is 5.82. The van der Waals surface area contributed by atoms with Crippen LogP contribution in [-0.4, -0.2) is 10.1 Å². The molecule has 1 rings (SSSR count). The number of aliphatic hydroxyl groups is 1. The summed E-state index contributed by atoms with van der Waals surface area (Å²) in [5.74, 6) is -0.192. The predicted molar refractivity (Wildman–Crippen MR) is 55.5 cm³/mol. The molecule has 0 aliphatic heterocycles. The number of aliphatic hydroxyl groups excluding tert-OH is 1. The third-order valence-corrected chi connectivity index (χ3v) is 1.72. The Morgan fingerprint density at radius 3 is 2.87 bits per heavy atom. The standard InChI is InChI=1S/C11H12FNO2/c1-3-9(5-4-8(2)12)11-13-10(6-14)7-15-11/h3-5,7,14H,2,6H2,1H3/b5-4-,9-3+. The maximum Gasteiger partial charge on any atom is 0.225 e. The summed E-state index contributed by atoms with van der Waals surface area (Å²) in [5, 5.41) is 8.79. The second-order valence-corrected chi connectivity index (χ2v) is 2.83. The molecule has 0 saturated carbocycles. The van der Waals surface area contributed by atoms with E-state index in [1.54, 1.807) is 13.0 Å². The highest BCUT2D eigenvalue weighted by Gasteiger charge is 2.05. The van der Waals surface area contributed by atoms with Gasteiger partial charge in [-0.15, -0.1) is 0 Å². The minimum absolute atomic E-state index is 0.181. The van der Waals surface area contributed by atoms with Crippen LogP contribution in [0.1, 0.15) is 18.5 Å². The summed E-state index contributed by atoms with van der Waals surface area (Å²) in [4.78, 5) is 3.99. The number of nitrogens with zero attached hydrogens (tertiary/aromatic N) is 1. The van der Waals surface area contributed by atoms with E-state index >= 15 is 0 Å². The van der Waals surface area contributed by atoms with E-state index in [4.69, 9.17) is 9.52 Å². The van der Waals surface area contributed by atoms with Crippen molar-refractivity contribution in [3.63, 3.8) is 0 Å². The Balaban J connectivity index is 2.89. The normalized spacial score (nSPS) is 12.3. The van der Waals surface area contributed by atoms with E-state index in [2.05, 4.69) is 11.6 Å². The second-order valence-electron chi connectivity index (χ2n) is 2.83. The Morgan fingerprint density at radius 1 is 1.67 bits per heavy atom. The number of hydrogen-bond acceptors (Lipinski definition) is 3. The summed E-state index contributed by atoms with van der Waals surface area (Å²) in [5.41, 5.74) is 1.07. The van der Waals surface area contributed by atoms with E-state index in [-0.39, 0.29) is 6.61 Å². The van der Waals surface area contributed by atoms with Crippen LogP contribution in [0.25, 0.3) is 5.57 Å². The summed E-state index contributed by atoms with van der Waals surface area (Å²) >= 11 is 0. The van der Waals surface area contributed by atoms with Gasteiger partial charge in [-0.1, -0.05) is 12.7 Å². The number of rotatable bonds is 4. The Kier molecular flexibility index (Phi) is 4.00. The van der Waals surface area contributed by atoms with Crippen LogP contribution in [0.5, 0.6) is 0 Å². The fraction of sp³-hybridized carbons (Fsp3) is 0.182. The first-order chi connectivity index (χ1) is 7.17. The predicted octanol–water partition coefficient (Wildman–Crippen LogP) is 2.61. The molecule has 0 amide bonds. The minimum atomic E-state index is -0.539. The van der Waals surface area contributed by atoms with Crippen molar-refractivity contribution in [2.45, 2.75) is 13.5 Å². The molecular weight excluding hydrogens is 197 g/mol. The number of oxazole rings is 1. The van der Waals surface area contributed by atoms with Gasteiger partial charge in [0.25, 0.3) is 0 Å². The average Bonchev–Trinajstić information content (AvgIpc) is 2.67. The number of hydrogen-bond donors (Lipinski definition) is 1. The number of halogens is 1. The quantitative estimate of drug-likeness (QED) is 0.775. The zero-order chi connectivity index (χ0) is 11.3. The molecule has 0 saturated heterocycles. The lowest BCUT2D eigenvalue weighted by atomic mass is 10.2. The van der Waals surface area contributed by atoms with Crippen molar-refractivity contribution < 1.29 is 13.9 Å². The minimum Gasteiger partial charge on any atom is -0.444 e. The van der Waals surface area contributed by atoms with Crippen LogP contribution in [0, 0.1) is 0 Å². The first kappa shape index (κ1) is 11.4. The summed E-state index contributed by atoms with van der Waals surface area (Å²) in [6, 6.07) is 0. The highest BCUT2D eigenvalue weighted by Crippen LogP contribution is 2.16. The van der Waals surface area contributed by atoms with Gasteiger partial charge in [-0.2, -0.15) is 0 Å². The molecule has 3 nitrogen and oxygen atoms in total. The van der Waals surface area contributed by atoms with Crippen molar-refractivity contribution in [1.29, 1.82) is 0 Å². The molecule has 1 aromatic rings. The average molecular weight is 209 g/mol. The van der Waals surface area contributed by atoms with Gasteiger partial charge >= 0.3 is 0 Å². The zero-order valence-electron chi connectivity index (χ0n) is 8.40. The van der Waals surface area contributed by atoms with E-state index in [0.717, 1.165) is 0 Å². The Labute approximate surface area is 87.3 Å². The molecule has 0 spiro atoms. The van der Waals surface area contributed by atoms with Gasteiger partial charge in [-0.25, -0.2) is 9.37 Å². The third-order valence-electron chi connectivity index (χ3n) is 1.72. The highest BCUT2D eigenvalue weighted by molar-refractivity contribution is 5.68. The summed E-state index contributed by atoms with van der Waals surface area (Å²) in [7, 11) is 0. The van der Waals surface area contributed by atoms with E-state index in [9.17, 15) is 4.39 Å². The van der Waals surface area contributed by atoms with Crippen LogP contribution in [-0.2, 0) is 6.61 Å². The SMILES string of the molecule is C=C(F)/C=C\C(=C/C)c1nc(CO)co1. The molecule has 0 radical (unpaired) electrons. The molecule has 0 unspecified atom stereocenters. The van der Waals surface area contributed by atoms with Gasteiger partial charge in [0.1, 0.15) is 17.8 Å². The van der Waals surface area contributed by atoms with E-state index < -0.39 is 5.83 Å². The molecule has 0 aromatic carbocycles. The molecule has 80 valence electrons. The molecule has 1 N–H and O–H groups in total. The molecule has 0 aliphatic rings. The molecular formula is C11H12FNO2. The van der Waals surface area contributed by atoms with Gasteiger partial charge in [0, 0.05) is 5.57 Å². The van der Waals surface area contributed by atoms with E-state index in [0.29, 0.717) is 17.2 Å². The van der Waals surface area contributed by atoms with Gasteiger partial charge in [0.15, 0.2) is 0 Å². The van der Waals surface area contributed by atoms with Gasteiger partial charge < -0.3 is 9.52 Å². The number of allylic oxidation sites excluding steroid dienone is 5. The van der Waals surface area contributed by atoms with Crippen molar-refractivity contribution in [1.82, 2.24) is 4.98 Å². The Morgan fingerprint density at radius 2 is 2.40 bits per heavy atom. The second kappa shape index (κ2) is 5.26. The zero-order valence-corrected chi connectivity index (χ0v) is 8.40. The van der Waals surface area contributed by atoms with E-state index in [1.165, 1.54) is 18.4 Å². The van der Waals surface area contributed by atoms with Crippen molar-refractivity contribution in [3.8, 4) is 0 Å². The van der Waals surface area contributed by atoms with Gasteiger partial charge in [-0.05, 0) is 19.1 Å². The van der Waals surface area contributed by atoms with Crippen LogP contribution in [0.3, 0.4) is 0 Å². The molecule has 0 aliphatic carbocycles. The van der Waals surface area contributed by atoms with Crippen LogP contribution in [0.2, 0.25) is 0 Å². The topological polar surface area (TPSA) is 46.3 Å². The lowest BCUT2D eigenvalue weighted by Crippen LogP contribution is -1.84. The summed E-state index contributed by atoms with van der Waals surface area (Å²) < 4.78 is 17.5. The molecule has 1 heterocycles. The van der Waals surface area contributed by atoms with Crippen molar-refractivity contribution in [2.24, 2.45) is 0 Å². The fourth-order valence-electron chi connectivity index (χ4n) is 0.983. The first-order valence-corrected chi connectivity index (χ1v) is 4.41. The van der Waals surface area contributed by atoms with Crippen LogP contribution < -0.4 is 0 Å². The number of aromatic nitrogens is 1. The molecule has 0 bridgehead atoms. The van der Waals surface area contributed by atoms with Crippen LogP contribution in [0.15, 0.2) is 41.3 Å². The third kappa shape index (κ3) is 3.18. The lowest BCUT2D eigenvalue weighted by molar-refractivity contribution is 0.276. The Bertz CT molecular complexity index is 404. The molecule has 0 fully saturated rings. The van der Waals surface area contributed by atoms with Crippen molar-refractivity contribution in [2.75, 3.05) is 0 Å². The monoisotopic (exact) mass is 209 g/mol. The van der Waals surface area contributed by atoms with Gasteiger partial charge in [-0.3, -0.25) is 0 Å². The van der Waals surface area contributed by atoms with Crippen molar-refractivity contribution in [3.05, 3.63) is 48.5 Å². The highest BCUT2D eigenvalue weighted by atomic mass is 19.1. The van der Waals surface area contributed by atoms with Crippen LogP contribution in [0.4, 0.5) is 4.39 Å². The largest absolute Gasteiger partial charge is 0.444 e.